The molecule has 4 aromatic carbocycles. The topological polar surface area (TPSA) is 43.7 Å². The first-order valence-corrected chi connectivity index (χ1v) is 9.58. The van der Waals surface area contributed by atoms with Gasteiger partial charge in [0.2, 0.25) is 0 Å². The number of nitrogens with zero attached hydrogens (tertiary/aromatic N) is 1. The van der Waals surface area contributed by atoms with Crippen molar-refractivity contribution in [2.24, 2.45) is 0 Å². The van der Waals surface area contributed by atoms with Crippen molar-refractivity contribution in [3.63, 3.8) is 0 Å². The van der Waals surface area contributed by atoms with Crippen LogP contribution in [0.4, 0.5) is 11.4 Å². The molecule has 0 saturated carbocycles. The van der Waals surface area contributed by atoms with Crippen molar-refractivity contribution in [1.29, 1.82) is 0 Å². The lowest BCUT2D eigenvalue weighted by atomic mass is 9.80. The van der Waals surface area contributed by atoms with E-state index in [0.29, 0.717) is 5.46 Å². The predicted molar refractivity (Wildman–Crippen MR) is 122 cm³/mol. The second-order valence-electron chi connectivity index (χ2n) is 6.98. The van der Waals surface area contributed by atoms with E-state index in [1.165, 1.54) is 5.56 Å². The highest BCUT2D eigenvalue weighted by atomic mass is 16.4. The van der Waals surface area contributed by atoms with E-state index in [2.05, 4.69) is 72.6 Å². The number of anilines is 2. The lowest BCUT2D eigenvalue weighted by molar-refractivity contribution is 0.426. The van der Waals surface area contributed by atoms with Gasteiger partial charge in [0.15, 0.2) is 0 Å². The molecule has 142 valence electrons. The molecule has 4 heteroatoms. The summed E-state index contributed by atoms with van der Waals surface area (Å²) in [6.07, 6.45) is 0. The lowest BCUT2D eigenvalue weighted by Gasteiger charge is -2.23. The first-order valence-electron chi connectivity index (χ1n) is 9.58. The van der Waals surface area contributed by atoms with Crippen LogP contribution in [0.5, 0.6) is 0 Å². The van der Waals surface area contributed by atoms with Crippen LogP contribution in [0.2, 0.25) is 0 Å². The number of hydrogen-bond donors (Lipinski definition) is 2. The van der Waals surface area contributed by atoms with E-state index in [-0.39, 0.29) is 0 Å². The summed E-state index contributed by atoms with van der Waals surface area (Å²) in [6.45, 7) is 0. The van der Waals surface area contributed by atoms with Crippen molar-refractivity contribution >= 4 is 24.0 Å². The van der Waals surface area contributed by atoms with Crippen molar-refractivity contribution in [3.8, 4) is 22.3 Å². The van der Waals surface area contributed by atoms with Crippen molar-refractivity contribution in [1.82, 2.24) is 0 Å². The third-order valence-electron chi connectivity index (χ3n) is 5.15. The van der Waals surface area contributed by atoms with Gasteiger partial charge in [0.25, 0.3) is 0 Å². The van der Waals surface area contributed by atoms with E-state index in [0.717, 1.165) is 28.1 Å². The van der Waals surface area contributed by atoms with Crippen LogP contribution in [0.3, 0.4) is 0 Å². The molecule has 29 heavy (non-hydrogen) atoms. The standard InChI is InChI=1S/C25H22BNO2/c1-27(23-7-3-2-4-8-23)25-10-6-5-9-24(25)21-13-11-19(12-14-21)20-15-17-22(18-16-20)26(28)29/h2-18,28-29H,1H3. The number of benzene rings is 4. The van der Waals surface area contributed by atoms with E-state index < -0.39 is 7.12 Å². The Bertz CT molecular complexity index is 1080. The summed E-state index contributed by atoms with van der Waals surface area (Å²) in [6, 6.07) is 34.4. The Kier molecular flexibility index (Phi) is 5.47. The SMILES string of the molecule is CN(c1ccccc1)c1ccccc1-c1ccc(-c2ccc(B(O)O)cc2)cc1. The smallest absolute Gasteiger partial charge is 0.423 e. The van der Waals surface area contributed by atoms with Crippen LogP contribution in [0.1, 0.15) is 0 Å². The molecule has 0 heterocycles. The van der Waals surface area contributed by atoms with Gasteiger partial charge < -0.3 is 14.9 Å². The molecule has 0 aliphatic heterocycles. The van der Waals surface area contributed by atoms with E-state index in [4.69, 9.17) is 0 Å². The van der Waals surface area contributed by atoms with Crippen LogP contribution in [0.15, 0.2) is 103 Å². The molecule has 0 aliphatic rings. The molecule has 4 aromatic rings. The lowest BCUT2D eigenvalue weighted by Crippen LogP contribution is -2.29. The third kappa shape index (κ3) is 4.09. The fraction of sp³-hybridized carbons (Fsp3) is 0.0400. The maximum absolute atomic E-state index is 9.25. The fourth-order valence-electron chi connectivity index (χ4n) is 3.49. The molecule has 0 fully saturated rings. The Morgan fingerprint density at radius 1 is 0.586 bits per heavy atom. The van der Waals surface area contributed by atoms with Gasteiger partial charge in [-0.3, -0.25) is 0 Å². The summed E-state index contributed by atoms with van der Waals surface area (Å²) in [4.78, 5) is 2.20. The van der Waals surface area contributed by atoms with Crippen LogP contribution in [0.25, 0.3) is 22.3 Å². The average molecular weight is 379 g/mol. The minimum atomic E-state index is -1.44. The first-order chi connectivity index (χ1) is 14.1. The molecule has 2 N–H and O–H groups in total. The molecular formula is C25H22BNO2. The molecule has 0 aromatic heterocycles. The highest BCUT2D eigenvalue weighted by Crippen LogP contribution is 2.34. The highest BCUT2D eigenvalue weighted by Gasteiger charge is 2.12. The normalized spacial score (nSPS) is 10.6. The summed E-state index contributed by atoms with van der Waals surface area (Å²) in [5, 5.41) is 18.5. The summed E-state index contributed by atoms with van der Waals surface area (Å²) in [5.74, 6) is 0. The Morgan fingerprint density at radius 3 is 1.72 bits per heavy atom. The molecule has 0 amide bonds. The molecule has 0 spiro atoms. The molecule has 0 radical (unpaired) electrons. The van der Waals surface area contributed by atoms with Gasteiger partial charge in [-0.2, -0.15) is 0 Å². The second-order valence-corrected chi connectivity index (χ2v) is 6.98. The highest BCUT2D eigenvalue weighted by molar-refractivity contribution is 6.58. The molecule has 4 rings (SSSR count). The van der Waals surface area contributed by atoms with Crippen molar-refractivity contribution in [2.75, 3.05) is 11.9 Å². The van der Waals surface area contributed by atoms with Crippen molar-refractivity contribution in [2.45, 2.75) is 0 Å². The monoisotopic (exact) mass is 379 g/mol. The van der Waals surface area contributed by atoms with Crippen LogP contribution in [-0.4, -0.2) is 24.2 Å². The van der Waals surface area contributed by atoms with Gasteiger partial charge in [0.1, 0.15) is 0 Å². The number of rotatable bonds is 5. The van der Waals surface area contributed by atoms with Crippen LogP contribution < -0.4 is 10.4 Å². The molecule has 0 bridgehead atoms. The quantitative estimate of drug-likeness (QED) is 0.503. The van der Waals surface area contributed by atoms with E-state index in [9.17, 15) is 10.0 Å². The van der Waals surface area contributed by atoms with E-state index >= 15 is 0 Å². The maximum Gasteiger partial charge on any atom is 0.488 e. The van der Waals surface area contributed by atoms with Crippen LogP contribution >= 0.6 is 0 Å². The van der Waals surface area contributed by atoms with Gasteiger partial charge in [-0.1, -0.05) is 84.9 Å². The van der Waals surface area contributed by atoms with E-state index in [1.807, 2.05) is 30.3 Å². The maximum atomic E-state index is 9.25. The van der Waals surface area contributed by atoms with Gasteiger partial charge >= 0.3 is 7.12 Å². The van der Waals surface area contributed by atoms with E-state index in [1.54, 1.807) is 12.1 Å². The zero-order chi connectivity index (χ0) is 20.2. The van der Waals surface area contributed by atoms with Gasteiger partial charge in [-0.15, -0.1) is 0 Å². The zero-order valence-corrected chi connectivity index (χ0v) is 16.2. The molecule has 0 unspecified atom stereocenters. The molecule has 0 aliphatic carbocycles. The largest absolute Gasteiger partial charge is 0.488 e. The summed E-state index contributed by atoms with van der Waals surface area (Å²) in [7, 11) is 0.643. The summed E-state index contributed by atoms with van der Waals surface area (Å²) < 4.78 is 0. The summed E-state index contributed by atoms with van der Waals surface area (Å²) >= 11 is 0. The van der Waals surface area contributed by atoms with Gasteiger partial charge in [0.05, 0.1) is 0 Å². The molecule has 0 atom stereocenters. The predicted octanol–water partition coefficient (Wildman–Crippen LogP) is 4.47. The van der Waals surface area contributed by atoms with Crippen molar-refractivity contribution < 1.29 is 10.0 Å². The Balaban J connectivity index is 1.65. The Labute approximate surface area is 171 Å². The Hall–Kier alpha value is -3.34. The third-order valence-corrected chi connectivity index (χ3v) is 5.15. The number of hydrogen-bond acceptors (Lipinski definition) is 3. The molecule has 3 nitrogen and oxygen atoms in total. The second kappa shape index (κ2) is 8.35. The van der Waals surface area contributed by atoms with Gasteiger partial charge in [0, 0.05) is 24.0 Å². The van der Waals surface area contributed by atoms with Crippen LogP contribution in [0, 0.1) is 0 Å². The van der Waals surface area contributed by atoms with Gasteiger partial charge in [-0.05, 0) is 40.4 Å². The molecular weight excluding hydrogens is 357 g/mol. The summed E-state index contributed by atoms with van der Waals surface area (Å²) in [5.41, 5.74) is 7.22. The number of para-hydroxylation sites is 2. The fourth-order valence-corrected chi connectivity index (χ4v) is 3.49. The zero-order valence-electron chi connectivity index (χ0n) is 16.2. The van der Waals surface area contributed by atoms with Crippen LogP contribution in [-0.2, 0) is 0 Å². The minimum absolute atomic E-state index is 0.489. The molecule has 0 saturated heterocycles. The minimum Gasteiger partial charge on any atom is -0.423 e. The van der Waals surface area contributed by atoms with Crippen molar-refractivity contribution in [3.05, 3.63) is 103 Å². The first kappa shape index (κ1) is 19.0. The Morgan fingerprint density at radius 2 is 1.10 bits per heavy atom. The average Bonchev–Trinajstić information content (AvgIpc) is 2.79. The van der Waals surface area contributed by atoms with Gasteiger partial charge in [-0.25, -0.2) is 0 Å².